The highest BCUT2D eigenvalue weighted by Crippen LogP contribution is 2.31. The molecule has 47 heavy (non-hydrogen) atoms. The zero-order valence-corrected chi connectivity index (χ0v) is 28.6. The van der Waals surface area contributed by atoms with Gasteiger partial charge in [0, 0.05) is 67.3 Å². The van der Waals surface area contributed by atoms with E-state index in [0.29, 0.717) is 67.7 Å². The van der Waals surface area contributed by atoms with E-state index in [9.17, 15) is 22.8 Å². The molecule has 3 aromatic carbocycles. The lowest BCUT2D eigenvalue weighted by Gasteiger charge is -2.39. The van der Waals surface area contributed by atoms with Gasteiger partial charge in [-0.3, -0.25) is 14.5 Å². The maximum Gasteiger partial charge on any atom is 0.410 e. The summed E-state index contributed by atoms with van der Waals surface area (Å²) in [5.74, 6) is -0.371. The quantitative estimate of drug-likeness (QED) is 0.382. The summed E-state index contributed by atoms with van der Waals surface area (Å²) in [7, 11) is -3.92. The number of aryl methyl sites for hydroxylation is 1. The SMILES string of the molecule is Cc1ccccc1C(=O)Nc1ccc(S(=O)(=O)N[C@H]2CCN(C(=O)CN3CCN(C(=O)OC(C)(C)C)CC3)C[C@H]2C)c2ccccc12. The smallest absolute Gasteiger partial charge is 0.410 e. The van der Waals surface area contributed by atoms with Crippen molar-refractivity contribution in [2.45, 2.75) is 57.6 Å². The lowest BCUT2D eigenvalue weighted by molar-refractivity contribution is -0.134. The van der Waals surface area contributed by atoms with Gasteiger partial charge in [-0.2, -0.15) is 0 Å². The summed E-state index contributed by atoms with van der Waals surface area (Å²) >= 11 is 0. The third-order valence-electron chi connectivity index (χ3n) is 8.76. The number of nitrogens with zero attached hydrogens (tertiary/aromatic N) is 3. The second-order valence-electron chi connectivity index (χ2n) is 13.5. The molecule has 0 spiro atoms. The van der Waals surface area contributed by atoms with Gasteiger partial charge in [-0.25, -0.2) is 17.9 Å². The van der Waals surface area contributed by atoms with Crippen LogP contribution in [0, 0.1) is 12.8 Å². The van der Waals surface area contributed by atoms with Crippen LogP contribution in [0.5, 0.6) is 0 Å². The van der Waals surface area contributed by atoms with Crippen molar-refractivity contribution in [3.63, 3.8) is 0 Å². The molecule has 2 aliphatic heterocycles. The van der Waals surface area contributed by atoms with E-state index in [4.69, 9.17) is 4.74 Å². The third kappa shape index (κ3) is 8.30. The number of anilines is 1. The zero-order chi connectivity index (χ0) is 33.9. The van der Waals surface area contributed by atoms with E-state index in [-0.39, 0.29) is 41.3 Å². The van der Waals surface area contributed by atoms with Gasteiger partial charge in [0.05, 0.1) is 11.4 Å². The third-order valence-corrected chi connectivity index (χ3v) is 10.3. The number of sulfonamides is 1. The number of fused-ring (bicyclic) bond motifs is 1. The van der Waals surface area contributed by atoms with Gasteiger partial charge in [0.25, 0.3) is 5.91 Å². The molecule has 3 aromatic rings. The Labute approximate surface area is 277 Å². The molecule has 0 radical (unpaired) electrons. The van der Waals surface area contributed by atoms with Crippen LogP contribution in [0.3, 0.4) is 0 Å². The fraction of sp³-hybridized carbons (Fsp3) is 0.457. The lowest BCUT2D eigenvalue weighted by Crippen LogP contribution is -2.55. The van der Waals surface area contributed by atoms with E-state index < -0.39 is 15.6 Å². The first-order chi connectivity index (χ1) is 22.2. The topological polar surface area (TPSA) is 128 Å². The molecule has 3 amide bonds. The molecule has 5 rings (SSSR count). The number of piperazine rings is 1. The molecule has 0 aromatic heterocycles. The highest BCUT2D eigenvalue weighted by Gasteiger charge is 2.34. The molecule has 2 fully saturated rings. The van der Waals surface area contributed by atoms with Crippen molar-refractivity contribution in [1.82, 2.24) is 19.4 Å². The molecule has 0 unspecified atom stereocenters. The van der Waals surface area contributed by atoms with Crippen LogP contribution in [-0.2, 0) is 19.6 Å². The summed E-state index contributed by atoms with van der Waals surface area (Å²) in [6.07, 6.45) is 0.150. The summed E-state index contributed by atoms with van der Waals surface area (Å²) in [6, 6.07) is 17.2. The number of nitrogens with one attached hydrogen (secondary N) is 2. The van der Waals surface area contributed by atoms with Crippen LogP contribution in [0.2, 0.25) is 0 Å². The Balaban J connectivity index is 1.19. The van der Waals surface area contributed by atoms with Gasteiger partial charge in [-0.15, -0.1) is 0 Å². The molecule has 2 N–H and O–H groups in total. The van der Waals surface area contributed by atoms with Crippen LogP contribution < -0.4 is 10.0 Å². The van der Waals surface area contributed by atoms with E-state index in [1.54, 1.807) is 46.2 Å². The molecule has 2 saturated heterocycles. The Bertz CT molecular complexity index is 1750. The number of carbonyl (C=O) groups excluding carboxylic acids is 3. The number of piperidine rings is 1. The van der Waals surface area contributed by atoms with Gasteiger partial charge < -0.3 is 19.9 Å². The van der Waals surface area contributed by atoms with Gasteiger partial charge in [0.2, 0.25) is 15.9 Å². The van der Waals surface area contributed by atoms with Gasteiger partial charge in [0.15, 0.2) is 0 Å². The predicted molar refractivity (Wildman–Crippen MR) is 182 cm³/mol. The van der Waals surface area contributed by atoms with Gasteiger partial charge in [-0.05, 0) is 63.8 Å². The van der Waals surface area contributed by atoms with Crippen molar-refractivity contribution in [2.24, 2.45) is 5.92 Å². The number of hydrogen-bond acceptors (Lipinski definition) is 7. The van der Waals surface area contributed by atoms with Crippen LogP contribution in [0.4, 0.5) is 10.5 Å². The number of benzene rings is 3. The molecular weight excluding hydrogens is 618 g/mol. The van der Waals surface area contributed by atoms with E-state index in [1.165, 1.54) is 6.07 Å². The van der Waals surface area contributed by atoms with E-state index in [2.05, 4.69) is 10.0 Å². The van der Waals surface area contributed by atoms with Crippen molar-refractivity contribution >= 4 is 44.4 Å². The number of carbonyl (C=O) groups is 3. The van der Waals surface area contributed by atoms with E-state index in [0.717, 1.165) is 5.56 Å². The first-order valence-corrected chi connectivity index (χ1v) is 17.6. The van der Waals surface area contributed by atoms with Crippen molar-refractivity contribution in [3.8, 4) is 0 Å². The van der Waals surface area contributed by atoms with Crippen molar-refractivity contribution in [1.29, 1.82) is 0 Å². The average Bonchev–Trinajstić information content (AvgIpc) is 3.01. The second-order valence-corrected chi connectivity index (χ2v) is 15.2. The van der Waals surface area contributed by atoms with Crippen molar-refractivity contribution in [3.05, 3.63) is 71.8 Å². The second kappa shape index (κ2) is 14.0. The maximum atomic E-state index is 13.8. The molecule has 0 aliphatic carbocycles. The zero-order valence-electron chi connectivity index (χ0n) is 27.8. The van der Waals surface area contributed by atoms with Crippen LogP contribution in [0.1, 0.15) is 50.0 Å². The lowest BCUT2D eigenvalue weighted by atomic mass is 9.95. The summed E-state index contributed by atoms with van der Waals surface area (Å²) in [4.78, 5) is 44.3. The van der Waals surface area contributed by atoms with Gasteiger partial charge in [0.1, 0.15) is 5.60 Å². The van der Waals surface area contributed by atoms with Gasteiger partial charge >= 0.3 is 6.09 Å². The fourth-order valence-corrected chi connectivity index (χ4v) is 7.74. The number of ether oxygens (including phenoxy) is 1. The molecular formula is C35H45N5O6S. The van der Waals surface area contributed by atoms with Crippen LogP contribution in [-0.4, -0.2) is 98.5 Å². The number of hydrogen-bond donors (Lipinski definition) is 2. The van der Waals surface area contributed by atoms with E-state index in [1.807, 2.05) is 57.7 Å². The van der Waals surface area contributed by atoms with Crippen LogP contribution in [0.15, 0.2) is 65.6 Å². The monoisotopic (exact) mass is 663 g/mol. The first-order valence-electron chi connectivity index (χ1n) is 16.1. The molecule has 12 heteroatoms. The number of rotatable bonds is 7. The Morgan fingerprint density at radius 1 is 0.872 bits per heavy atom. The Morgan fingerprint density at radius 3 is 2.19 bits per heavy atom. The summed E-state index contributed by atoms with van der Waals surface area (Å²) < 4.78 is 35.9. The van der Waals surface area contributed by atoms with Crippen molar-refractivity contribution < 1.29 is 27.5 Å². The van der Waals surface area contributed by atoms with Gasteiger partial charge in [-0.1, -0.05) is 49.4 Å². The Morgan fingerprint density at radius 2 is 1.53 bits per heavy atom. The molecule has 2 aliphatic rings. The maximum absolute atomic E-state index is 13.8. The average molecular weight is 664 g/mol. The molecule has 2 heterocycles. The minimum atomic E-state index is -3.92. The largest absolute Gasteiger partial charge is 0.444 e. The molecule has 2 atom stereocenters. The highest BCUT2D eigenvalue weighted by atomic mass is 32.2. The first kappa shape index (κ1) is 34.3. The summed E-state index contributed by atoms with van der Waals surface area (Å²) in [6.45, 7) is 12.6. The van der Waals surface area contributed by atoms with E-state index >= 15 is 0 Å². The summed E-state index contributed by atoms with van der Waals surface area (Å²) in [5, 5.41) is 4.08. The van der Waals surface area contributed by atoms with Crippen LogP contribution in [0.25, 0.3) is 10.8 Å². The summed E-state index contributed by atoms with van der Waals surface area (Å²) in [5.41, 5.74) is 1.37. The standard InChI is InChI=1S/C35H45N5O6S/c1-24-10-6-7-11-26(24)33(42)36-30-14-15-31(28-13-9-8-12-27(28)30)47(44,45)37-29-16-17-40(22-25(29)2)32(41)23-38-18-20-39(21-19-38)34(43)46-35(3,4)5/h6-15,25,29,37H,16-23H2,1-5H3,(H,36,42)/t25-,29+/m1/s1. The Hall–Kier alpha value is -4.00. The predicted octanol–water partition coefficient (Wildman–Crippen LogP) is 4.47. The Kier molecular flexibility index (Phi) is 10.2. The highest BCUT2D eigenvalue weighted by molar-refractivity contribution is 7.89. The number of amides is 3. The fourth-order valence-electron chi connectivity index (χ4n) is 6.15. The molecule has 0 saturated carbocycles. The van der Waals surface area contributed by atoms with Crippen molar-refractivity contribution in [2.75, 3.05) is 51.1 Å². The minimum absolute atomic E-state index is 0.00167. The minimum Gasteiger partial charge on any atom is -0.444 e. The molecule has 252 valence electrons. The number of likely N-dealkylation sites (tertiary alicyclic amines) is 1. The molecule has 0 bridgehead atoms. The molecule has 11 nitrogen and oxygen atoms in total. The normalized spacial score (nSPS) is 19.4. The van der Waals surface area contributed by atoms with Crippen LogP contribution >= 0.6 is 0 Å².